The van der Waals surface area contributed by atoms with Crippen molar-refractivity contribution in [3.8, 4) is 0 Å². The van der Waals surface area contributed by atoms with E-state index in [9.17, 15) is 4.79 Å². The molecule has 2 heterocycles. The summed E-state index contributed by atoms with van der Waals surface area (Å²) in [6.45, 7) is 1.69. The Morgan fingerprint density at radius 1 is 1.24 bits per heavy atom. The molecule has 1 amide bonds. The fraction of sp³-hybridized carbons (Fsp3) is 0.625. The summed E-state index contributed by atoms with van der Waals surface area (Å²) in [5, 5.41) is 4.05. The third kappa shape index (κ3) is 3.49. The van der Waals surface area contributed by atoms with E-state index in [0.717, 1.165) is 44.6 Å². The molecule has 0 aromatic carbocycles. The van der Waals surface area contributed by atoms with E-state index in [2.05, 4.69) is 10.3 Å². The number of likely N-dealkylation sites (tertiary alicyclic amines) is 1. The van der Waals surface area contributed by atoms with Crippen LogP contribution in [0.1, 0.15) is 38.5 Å². The molecule has 3 rings (SSSR count). The Morgan fingerprint density at radius 3 is 2.62 bits per heavy atom. The van der Waals surface area contributed by atoms with Crippen molar-refractivity contribution in [1.82, 2.24) is 9.88 Å². The number of hydrogen-bond acceptors (Lipinski definition) is 3. The largest absolute Gasteiger partial charge is 0.366 e. The van der Waals surface area contributed by atoms with Crippen LogP contribution in [-0.4, -0.2) is 34.9 Å². The van der Waals surface area contributed by atoms with Gasteiger partial charge in [0.1, 0.15) is 5.82 Å². The molecule has 0 unspecified atom stereocenters. The molecule has 1 saturated carbocycles. The normalized spacial score (nSPS) is 20.7. The topological polar surface area (TPSA) is 45.2 Å². The van der Waals surface area contributed by atoms with Crippen molar-refractivity contribution in [3.05, 3.63) is 23.4 Å². The second-order valence-electron chi connectivity index (χ2n) is 6.06. The summed E-state index contributed by atoms with van der Waals surface area (Å²) in [6, 6.07) is 4.02. The Morgan fingerprint density at radius 2 is 1.95 bits per heavy atom. The minimum atomic E-state index is 0.291. The number of hydrogen-bond donors (Lipinski definition) is 1. The van der Waals surface area contributed by atoms with Gasteiger partial charge in [-0.25, -0.2) is 4.98 Å². The zero-order chi connectivity index (χ0) is 14.7. The van der Waals surface area contributed by atoms with Gasteiger partial charge >= 0.3 is 0 Å². The molecule has 0 radical (unpaired) electrons. The molecule has 21 heavy (non-hydrogen) atoms. The summed E-state index contributed by atoms with van der Waals surface area (Å²) in [6.07, 6.45) is 8.27. The zero-order valence-corrected chi connectivity index (χ0v) is 13.0. The van der Waals surface area contributed by atoms with Crippen molar-refractivity contribution in [1.29, 1.82) is 0 Å². The van der Waals surface area contributed by atoms with Gasteiger partial charge < -0.3 is 10.2 Å². The smallest absolute Gasteiger partial charge is 0.225 e. The molecule has 114 valence electrons. The van der Waals surface area contributed by atoms with Gasteiger partial charge in [-0.05, 0) is 37.8 Å². The van der Waals surface area contributed by atoms with Gasteiger partial charge in [-0.3, -0.25) is 4.79 Å². The number of anilines is 1. The van der Waals surface area contributed by atoms with Crippen LogP contribution in [0.25, 0.3) is 0 Å². The van der Waals surface area contributed by atoms with E-state index in [4.69, 9.17) is 11.6 Å². The molecule has 0 atom stereocenters. The number of rotatable bonds is 3. The predicted molar refractivity (Wildman–Crippen MR) is 84.4 cm³/mol. The van der Waals surface area contributed by atoms with Crippen LogP contribution in [0.5, 0.6) is 0 Å². The van der Waals surface area contributed by atoms with Gasteiger partial charge in [0.25, 0.3) is 0 Å². The van der Waals surface area contributed by atoms with Crippen LogP contribution in [0.4, 0.5) is 5.82 Å². The van der Waals surface area contributed by atoms with Gasteiger partial charge in [-0.15, -0.1) is 0 Å². The molecular weight excluding hydrogens is 286 g/mol. The summed E-state index contributed by atoms with van der Waals surface area (Å²) in [5.41, 5.74) is 0. The Bertz CT molecular complexity index is 494. The highest BCUT2D eigenvalue weighted by atomic mass is 35.5. The average molecular weight is 308 g/mol. The first kappa shape index (κ1) is 14.6. The molecule has 1 saturated heterocycles. The van der Waals surface area contributed by atoms with Gasteiger partial charge in [0.15, 0.2) is 0 Å². The van der Waals surface area contributed by atoms with E-state index in [1.54, 1.807) is 6.20 Å². The number of amides is 1. The summed E-state index contributed by atoms with van der Waals surface area (Å²) in [5.74, 6) is 1.42. The van der Waals surface area contributed by atoms with Gasteiger partial charge in [0, 0.05) is 31.2 Å². The number of piperidine rings is 1. The maximum atomic E-state index is 12.4. The number of aromatic nitrogens is 1. The molecule has 2 fully saturated rings. The van der Waals surface area contributed by atoms with Crippen LogP contribution < -0.4 is 5.32 Å². The van der Waals surface area contributed by atoms with Crippen molar-refractivity contribution < 1.29 is 4.79 Å². The van der Waals surface area contributed by atoms with Gasteiger partial charge in [0.2, 0.25) is 5.91 Å². The second-order valence-corrected chi connectivity index (χ2v) is 6.47. The summed E-state index contributed by atoms with van der Waals surface area (Å²) in [4.78, 5) is 18.7. The second kappa shape index (κ2) is 6.65. The van der Waals surface area contributed by atoms with Gasteiger partial charge in [0.05, 0.1) is 5.02 Å². The highest BCUT2D eigenvalue weighted by Gasteiger charge is 2.30. The highest BCUT2D eigenvalue weighted by molar-refractivity contribution is 6.32. The summed E-state index contributed by atoms with van der Waals surface area (Å²) in [7, 11) is 0. The Hall–Kier alpha value is -1.29. The van der Waals surface area contributed by atoms with Crippen LogP contribution in [-0.2, 0) is 4.79 Å². The first-order valence-electron chi connectivity index (χ1n) is 7.90. The molecule has 0 spiro atoms. The van der Waals surface area contributed by atoms with E-state index in [0.29, 0.717) is 22.9 Å². The number of nitrogens with zero attached hydrogens (tertiary/aromatic N) is 2. The summed E-state index contributed by atoms with van der Waals surface area (Å²) < 4.78 is 0. The van der Waals surface area contributed by atoms with Crippen LogP contribution in [0.2, 0.25) is 5.02 Å². The molecule has 1 N–H and O–H groups in total. The van der Waals surface area contributed by atoms with E-state index in [1.165, 1.54) is 12.8 Å². The first-order valence-corrected chi connectivity index (χ1v) is 8.27. The van der Waals surface area contributed by atoms with Crippen LogP contribution in [0.3, 0.4) is 0 Å². The molecule has 1 aromatic heterocycles. The lowest BCUT2D eigenvalue weighted by Gasteiger charge is -2.34. The van der Waals surface area contributed by atoms with E-state index in [1.807, 2.05) is 17.0 Å². The van der Waals surface area contributed by atoms with E-state index >= 15 is 0 Å². The Labute approximate surface area is 130 Å². The van der Waals surface area contributed by atoms with Gasteiger partial charge in [-0.2, -0.15) is 0 Å². The monoisotopic (exact) mass is 307 g/mol. The van der Waals surface area contributed by atoms with Crippen LogP contribution in [0, 0.1) is 5.92 Å². The lowest BCUT2D eigenvalue weighted by Crippen LogP contribution is -2.44. The van der Waals surface area contributed by atoms with E-state index in [-0.39, 0.29) is 0 Å². The highest BCUT2D eigenvalue weighted by Crippen LogP contribution is 2.28. The van der Waals surface area contributed by atoms with Crippen molar-refractivity contribution in [2.75, 3.05) is 18.4 Å². The maximum absolute atomic E-state index is 12.4. The number of halogens is 1. The number of pyridine rings is 1. The third-order valence-electron chi connectivity index (χ3n) is 4.61. The molecular formula is C16H22ClN3O. The first-order chi connectivity index (χ1) is 10.2. The Kier molecular flexibility index (Phi) is 4.63. The number of carbonyl (C=O) groups is 1. The quantitative estimate of drug-likeness (QED) is 0.931. The lowest BCUT2D eigenvalue weighted by molar-refractivity contribution is -0.136. The predicted octanol–water partition coefficient (Wildman–Crippen LogP) is 3.33. The SMILES string of the molecule is O=C(C1CCCC1)N1CCC(Nc2ncccc2Cl)CC1. The minimum absolute atomic E-state index is 0.291. The van der Waals surface area contributed by atoms with Crippen molar-refractivity contribution >= 4 is 23.3 Å². The van der Waals surface area contributed by atoms with Crippen molar-refractivity contribution in [2.45, 2.75) is 44.6 Å². The summed E-state index contributed by atoms with van der Waals surface area (Å²) >= 11 is 6.12. The average Bonchev–Trinajstić information content (AvgIpc) is 3.04. The van der Waals surface area contributed by atoms with Crippen LogP contribution in [0.15, 0.2) is 18.3 Å². The van der Waals surface area contributed by atoms with Gasteiger partial charge in [-0.1, -0.05) is 24.4 Å². The van der Waals surface area contributed by atoms with Crippen molar-refractivity contribution in [2.24, 2.45) is 5.92 Å². The third-order valence-corrected chi connectivity index (χ3v) is 4.92. The fourth-order valence-corrected chi connectivity index (χ4v) is 3.54. The minimum Gasteiger partial charge on any atom is -0.366 e. The molecule has 1 aliphatic carbocycles. The number of nitrogens with one attached hydrogen (secondary N) is 1. The maximum Gasteiger partial charge on any atom is 0.225 e. The molecule has 4 nitrogen and oxygen atoms in total. The standard InChI is InChI=1S/C16H22ClN3O/c17-14-6-3-9-18-15(14)19-13-7-10-20(11-8-13)16(21)12-4-1-2-5-12/h3,6,9,12-13H,1-2,4-5,7-8,10-11H2,(H,18,19). The van der Waals surface area contributed by atoms with E-state index < -0.39 is 0 Å². The molecule has 5 heteroatoms. The molecule has 1 aliphatic heterocycles. The Balaban J connectivity index is 1.51. The molecule has 0 bridgehead atoms. The number of carbonyl (C=O) groups excluding carboxylic acids is 1. The molecule has 1 aromatic rings. The molecule has 2 aliphatic rings. The lowest BCUT2D eigenvalue weighted by atomic mass is 10.0. The fourth-order valence-electron chi connectivity index (χ4n) is 3.36. The van der Waals surface area contributed by atoms with Crippen molar-refractivity contribution in [3.63, 3.8) is 0 Å². The zero-order valence-electron chi connectivity index (χ0n) is 12.2. The van der Waals surface area contributed by atoms with Crippen LogP contribution >= 0.6 is 11.6 Å².